The summed E-state index contributed by atoms with van der Waals surface area (Å²) in [4.78, 5) is 30.7. The molecule has 4 aromatic rings. The highest BCUT2D eigenvalue weighted by Crippen LogP contribution is 2.24. The molecule has 0 aliphatic heterocycles. The Morgan fingerprint density at radius 3 is 2.66 bits per heavy atom. The van der Waals surface area contributed by atoms with Gasteiger partial charge in [0.25, 0.3) is 5.56 Å². The standard InChI is InChI=1S/C25H23N3O3S/c1-16-8-6-13-21(17(16)2)26-23(29)15-32-25-27-22-12-5-4-11-20(22)24(30)28(25)18-9-7-10-19(14-18)31-3/h4-14H,15H2,1-3H3,(H,26,29). The Morgan fingerprint density at radius 2 is 1.84 bits per heavy atom. The zero-order valence-electron chi connectivity index (χ0n) is 18.1. The van der Waals surface area contributed by atoms with Gasteiger partial charge in [-0.25, -0.2) is 4.98 Å². The van der Waals surface area contributed by atoms with Crippen LogP contribution in [0.2, 0.25) is 0 Å². The van der Waals surface area contributed by atoms with Gasteiger partial charge in [-0.1, -0.05) is 42.1 Å². The molecular formula is C25H23N3O3S. The fraction of sp³-hybridized carbons (Fsp3) is 0.160. The number of ether oxygens (including phenoxy) is 1. The molecule has 4 rings (SSSR count). The molecule has 0 radical (unpaired) electrons. The van der Waals surface area contributed by atoms with E-state index in [1.165, 1.54) is 16.3 Å². The highest BCUT2D eigenvalue weighted by Gasteiger charge is 2.16. The van der Waals surface area contributed by atoms with Crippen molar-refractivity contribution in [3.8, 4) is 11.4 Å². The van der Waals surface area contributed by atoms with Crippen molar-refractivity contribution in [1.82, 2.24) is 9.55 Å². The third-order valence-electron chi connectivity index (χ3n) is 5.27. The van der Waals surface area contributed by atoms with E-state index in [1.807, 2.05) is 62.4 Å². The molecule has 0 aliphatic carbocycles. The molecule has 6 nitrogen and oxygen atoms in total. The number of hydrogen-bond donors (Lipinski definition) is 1. The van der Waals surface area contributed by atoms with Gasteiger partial charge in [-0.2, -0.15) is 0 Å². The highest BCUT2D eigenvalue weighted by molar-refractivity contribution is 7.99. The van der Waals surface area contributed by atoms with Crippen LogP contribution in [0.4, 0.5) is 5.69 Å². The second kappa shape index (κ2) is 9.28. The summed E-state index contributed by atoms with van der Waals surface area (Å²) in [5.41, 5.74) is 3.95. The number of aryl methyl sites for hydroxylation is 1. The fourth-order valence-corrected chi connectivity index (χ4v) is 4.20. The molecule has 3 aromatic carbocycles. The Bertz CT molecular complexity index is 1360. The molecule has 162 valence electrons. The van der Waals surface area contributed by atoms with E-state index in [9.17, 15) is 9.59 Å². The number of amides is 1. The van der Waals surface area contributed by atoms with Crippen molar-refractivity contribution in [2.24, 2.45) is 0 Å². The van der Waals surface area contributed by atoms with Gasteiger partial charge in [0, 0.05) is 11.8 Å². The lowest BCUT2D eigenvalue weighted by atomic mass is 10.1. The van der Waals surface area contributed by atoms with E-state index in [1.54, 1.807) is 25.3 Å². The van der Waals surface area contributed by atoms with E-state index in [4.69, 9.17) is 4.74 Å². The monoisotopic (exact) mass is 445 g/mol. The number of nitrogens with zero attached hydrogens (tertiary/aromatic N) is 2. The quantitative estimate of drug-likeness (QED) is 0.343. The number of fused-ring (bicyclic) bond motifs is 1. The van der Waals surface area contributed by atoms with Crippen LogP contribution in [0.1, 0.15) is 11.1 Å². The zero-order valence-corrected chi connectivity index (χ0v) is 18.9. The summed E-state index contributed by atoms with van der Waals surface area (Å²) in [6, 6.07) is 20.2. The van der Waals surface area contributed by atoms with Crippen LogP contribution >= 0.6 is 11.8 Å². The average Bonchev–Trinajstić information content (AvgIpc) is 2.81. The van der Waals surface area contributed by atoms with Gasteiger partial charge in [-0.3, -0.25) is 14.2 Å². The van der Waals surface area contributed by atoms with E-state index < -0.39 is 0 Å². The predicted molar refractivity (Wildman–Crippen MR) is 129 cm³/mol. The van der Waals surface area contributed by atoms with Crippen LogP contribution in [-0.2, 0) is 4.79 Å². The Labute approximate surface area is 190 Å². The largest absolute Gasteiger partial charge is 0.497 e. The number of hydrogen-bond acceptors (Lipinski definition) is 5. The minimum absolute atomic E-state index is 0.113. The van der Waals surface area contributed by atoms with Gasteiger partial charge in [0.15, 0.2) is 5.16 Å². The molecule has 0 bridgehead atoms. The number of nitrogens with one attached hydrogen (secondary N) is 1. The number of aromatic nitrogens is 2. The van der Waals surface area contributed by atoms with Crippen LogP contribution in [0.25, 0.3) is 16.6 Å². The summed E-state index contributed by atoms with van der Waals surface area (Å²) >= 11 is 1.22. The second-order valence-electron chi connectivity index (χ2n) is 7.34. The smallest absolute Gasteiger partial charge is 0.266 e. The maximum absolute atomic E-state index is 13.3. The molecule has 7 heteroatoms. The molecule has 0 spiro atoms. The molecule has 0 saturated carbocycles. The van der Waals surface area contributed by atoms with Crippen LogP contribution < -0.4 is 15.6 Å². The third-order valence-corrected chi connectivity index (χ3v) is 6.21. The number of carbonyl (C=O) groups excluding carboxylic acids is 1. The summed E-state index contributed by atoms with van der Waals surface area (Å²) in [7, 11) is 1.58. The van der Waals surface area contributed by atoms with Crippen molar-refractivity contribution < 1.29 is 9.53 Å². The number of benzene rings is 3. The van der Waals surface area contributed by atoms with Crippen LogP contribution in [0.3, 0.4) is 0 Å². The van der Waals surface area contributed by atoms with Gasteiger partial charge in [-0.05, 0) is 55.3 Å². The van der Waals surface area contributed by atoms with Crippen LogP contribution in [0.15, 0.2) is 76.7 Å². The molecule has 1 N–H and O–H groups in total. The maximum atomic E-state index is 13.3. The molecule has 1 amide bonds. The minimum Gasteiger partial charge on any atom is -0.497 e. The summed E-state index contributed by atoms with van der Waals surface area (Å²) in [5, 5.41) is 3.91. The molecule has 0 unspecified atom stereocenters. The first-order valence-corrected chi connectivity index (χ1v) is 11.1. The van der Waals surface area contributed by atoms with Crippen LogP contribution in [0, 0.1) is 13.8 Å². The van der Waals surface area contributed by atoms with Crippen LogP contribution in [0.5, 0.6) is 5.75 Å². The van der Waals surface area contributed by atoms with Crippen molar-refractivity contribution in [2.75, 3.05) is 18.2 Å². The number of para-hydroxylation sites is 1. The molecular weight excluding hydrogens is 422 g/mol. The Kier molecular flexibility index (Phi) is 6.28. The van der Waals surface area contributed by atoms with Gasteiger partial charge in [0.05, 0.1) is 29.5 Å². The van der Waals surface area contributed by atoms with Crippen molar-refractivity contribution in [1.29, 1.82) is 0 Å². The van der Waals surface area contributed by atoms with Crippen molar-refractivity contribution in [3.63, 3.8) is 0 Å². The first-order valence-electron chi connectivity index (χ1n) is 10.1. The number of carbonyl (C=O) groups is 1. The summed E-state index contributed by atoms with van der Waals surface area (Å²) < 4.78 is 6.85. The van der Waals surface area contributed by atoms with Gasteiger partial charge in [-0.15, -0.1) is 0 Å². The molecule has 0 atom stereocenters. The fourth-order valence-electron chi connectivity index (χ4n) is 3.39. The first-order chi connectivity index (χ1) is 15.5. The van der Waals surface area contributed by atoms with E-state index in [0.29, 0.717) is 27.5 Å². The van der Waals surface area contributed by atoms with E-state index in [0.717, 1.165) is 16.8 Å². The summed E-state index contributed by atoms with van der Waals surface area (Å²) in [6.45, 7) is 3.98. The lowest BCUT2D eigenvalue weighted by Crippen LogP contribution is -2.23. The molecule has 1 heterocycles. The summed E-state index contributed by atoms with van der Waals surface area (Å²) in [6.07, 6.45) is 0. The average molecular weight is 446 g/mol. The lowest BCUT2D eigenvalue weighted by molar-refractivity contribution is -0.113. The summed E-state index contributed by atoms with van der Waals surface area (Å²) in [5.74, 6) is 0.580. The topological polar surface area (TPSA) is 73.2 Å². The van der Waals surface area contributed by atoms with Gasteiger partial charge >= 0.3 is 0 Å². The molecule has 1 aromatic heterocycles. The zero-order chi connectivity index (χ0) is 22.7. The number of rotatable bonds is 6. The Morgan fingerprint density at radius 1 is 1.06 bits per heavy atom. The first kappa shape index (κ1) is 21.6. The van der Waals surface area contributed by atoms with Gasteiger partial charge in [0.1, 0.15) is 5.75 Å². The minimum atomic E-state index is -0.193. The molecule has 0 aliphatic rings. The van der Waals surface area contributed by atoms with E-state index in [-0.39, 0.29) is 17.2 Å². The second-order valence-corrected chi connectivity index (χ2v) is 8.28. The van der Waals surface area contributed by atoms with Crippen LogP contribution in [-0.4, -0.2) is 28.3 Å². The number of anilines is 1. The maximum Gasteiger partial charge on any atom is 0.266 e. The van der Waals surface area contributed by atoms with Gasteiger partial charge < -0.3 is 10.1 Å². The van der Waals surface area contributed by atoms with E-state index >= 15 is 0 Å². The normalized spacial score (nSPS) is 10.8. The highest BCUT2D eigenvalue weighted by atomic mass is 32.2. The molecule has 0 saturated heterocycles. The van der Waals surface area contributed by atoms with Crippen molar-refractivity contribution in [3.05, 3.63) is 88.2 Å². The van der Waals surface area contributed by atoms with Gasteiger partial charge in [0.2, 0.25) is 5.91 Å². The lowest BCUT2D eigenvalue weighted by Gasteiger charge is -2.14. The predicted octanol–water partition coefficient (Wildman–Crippen LogP) is 4.74. The Hall–Kier alpha value is -3.58. The molecule has 0 fully saturated rings. The third kappa shape index (κ3) is 4.38. The van der Waals surface area contributed by atoms with Crippen molar-refractivity contribution in [2.45, 2.75) is 19.0 Å². The SMILES string of the molecule is COc1cccc(-n2c(SCC(=O)Nc3cccc(C)c3C)nc3ccccc3c2=O)c1. The van der Waals surface area contributed by atoms with E-state index in [2.05, 4.69) is 10.3 Å². The van der Waals surface area contributed by atoms with Crippen molar-refractivity contribution >= 4 is 34.3 Å². The number of thioether (sulfide) groups is 1. The molecule has 32 heavy (non-hydrogen) atoms. The Balaban J connectivity index is 1.69. The number of methoxy groups -OCH3 is 1.